The molecule has 1 spiro atoms. The van der Waals surface area contributed by atoms with Crippen LogP contribution >= 0.6 is 11.6 Å². The smallest absolute Gasteiger partial charge is 0.254 e. The van der Waals surface area contributed by atoms with E-state index >= 15 is 0 Å². The maximum Gasteiger partial charge on any atom is 0.254 e. The first-order valence-electron chi connectivity index (χ1n) is 15.9. The molecule has 7 nitrogen and oxygen atoms in total. The van der Waals surface area contributed by atoms with E-state index in [9.17, 15) is 12.3 Å². The number of carbonyl (C=O) groups excluding carboxylic acids is 1. The lowest BCUT2D eigenvalue weighted by Crippen LogP contribution is -2.46. The molecule has 2 fully saturated rings. The third kappa shape index (κ3) is 3.88. The van der Waals surface area contributed by atoms with Gasteiger partial charge in [-0.1, -0.05) is 11.6 Å². The van der Waals surface area contributed by atoms with Crippen LogP contribution in [0.3, 0.4) is 0 Å². The van der Waals surface area contributed by atoms with Crippen LogP contribution in [-0.2, 0) is 12.0 Å². The summed E-state index contributed by atoms with van der Waals surface area (Å²) < 4.78 is 54.7. The molecule has 0 bridgehead atoms. The molecular formula is C30H38ClN3O4. The molecule has 1 amide bonds. The minimum atomic E-state index is -2.16. The van der Waals surface area contributed by atoms with Crippen molar-refractivity contribution >= 4 is 17.5 Å². The molecule has 1 N–H and O–H groups in total. The summed E-state index contributed by atoms with van der Waals surface area (Å²) in [4.78, 5) is 32.5. The number of aromatic amines is 1. The topological polar surface area (TPSA) is 74.9 Å². The molecule has 2 aliphatic heterocycles. The molecule has 2 saturated carbocycles. The summed E-state index contributed by atoms with van der Waals surface area (Å²) in [7, 11) is 1.63. The van der Waals surface area contributed by atoms with E-state index in [-0.39, 0.29) is 29.1 Å². The number of halogens is 1. The molecule has 1 atom stereocenters. The van der Waals surface area contributed by atoms with Gasteiger partial charge in [0.05, 0.1) is 19.9 Å². The molecule has 4 aliphatic rings. The summed E-state index contributed by atoms with van der Waals surface area (Å²) in [6.45, 7) is 2.78. The van der Waals surface area contributed by atoms with Gasteiger partial charge in [-0.15, -0.1) is 0 Å². The minimum absolute atomic E-state index is 0.0431. The second-order valence-electron chi connectivity index (χ2n) is 11.7. The van der Waals surface area contributed by atoms with E-state index in [4.69, 9.17) is 25.2 Å². The van der Waals surface area contributed by atoms with Crippen molar-refractivity contribution in [3.05, 3.63) is 55.0 Å². The zero-order chi connectivity index (χ0) is 31.4. The fourth-order valence-electron chi connectivity index (χ4n) is 6.64. The average molecular weight is 545 g/mol. The molecular weight excluding hydrogens is 502 g/mol. The molecule has 2 aromatic rings. The molecule has 0 unspecified atom stereocenters. The van der Waals surface area contributed by atoms with Gasteiger partial charge < -0.3 is 24.3 Å². The van der Waals surface area contributed by atoms with Crippen LogP contribution in [-0.4, -0.2) is 53.0 Å². The summed E-state index contributed by atoms with van der Waals surface area (Å²) >= 11 is 7.05. The lowest BCUT2D eigenvalue weighted by atomic mass is 9.81. The fourth-order valence-corrected chi connectivity index (χ4v) is 7.04. The number of amides is 1. The second kappa shape index (κ2) is 8.75. The van der Waals surface area contributed by atoms with Gasteiger partial charge in [-0.2, -0.15) is 0 Å². The first kappa shape index (κ1) is 20.4. The molecule has 204 valence electrons. The minimum Gasteiger partial charge on any atom is -0.448 e. The predicted octanol–water partition coefficient (Wildman–Crippen LogP) is 5.25. The highest BCUT2D eigenvalue weighted by atomic mass is 35.5. The van der Waals surface area contributed by atoms with Crippen molar-refractivity contribution in [1.29, 1.82) is 0 Å². The van der Waals surface area contributed by atoms with Gasteiger partial charge in [0.25, 0.3) is 17.3 Å². The monoisotopic (exact) mass is 544 g/mol. The first-order valence-corrected chi connectivity index (χ1v) is 13.8. The standard InChI is InChI=1S/C30H38ClN3O4/c1-16-13-17(2)32-27(35)21(16)14-34-15-30(11-12-30)23-22(28(34)36)18(3)25-26(24(23)31)38-29(4,37-25)19-7-9-20(10-8-19)33(5)6/h13,19-20H,7-12,14-15H2,1-6H3,(H,32,35)/t19?,20?,29-/m0/s1/i5D3,15D2. The Bertz CT molecular complexity index is 1580. The van der Waals surface area contributed by atoms with Gasteiger partial charge in [0, 0.05) is 51.7 Å². The van der Waals surface area contributed by atoms with E-state index in [1.165, 1.54) is 9.80 Å². The number of benzene rings is 1. The highest BCUT2D eigenvalue weighted by molar-refractivity contribution is 6.34. The lowest BCUT2D eigenvalue weighted by molar-refractivity contribution is -0.123. The van der Waals surface area contributed by atoms with Crippen molar-refractivity contribution in [3.8, 4) is 11.5 Å². The van der Waals surface area contributed by atoms with E-state index < -0.39 is 30.6 Å². The molecule has 2 aliphatic carbocycles. The SMILES string of the molecule is [2H]C([2H])([2H])N(C)C1CCC([C@@]2(C)Oc3c(C)c4c(c(Cl)c3O2)C2(CC2)C([2H])([2H])N(Cc2c(C)cc(C)[nH]c2=O)C4=O)CC1. The zero-order valence-corrected chi connectivity index (χ0v) is 23.3. The van der Waals surface area contributed by atoms with E-state index in [1.54, 1.807) is 27.8 Å². The van der Waals surface area contributed by atoms with Crippen LogP contribution in [0.4, 0.5) is 0 Å². The average Bonchev–Trinajstić information content (AvgIpc) is 3.64. The highest BCUT2D eigenvalue weighted by Gasteiger charge is 2.56. The summed E-state index contributed by atoms with van der Waals surface area (Å²) in [6.07, 6.45) is 3.73. The number of hydrogen-bond donors (Lipinski definition) is 1. The Hall–Kier alpha value is -2.51. The normalized spacial score (nSPS) is 30.9. The van der Waals surface area contributed by atoms with E-state index in [1.807, 2.05) is 13.0 Å². The van der Waals surface area contributed by atoms with Crippen LogP contribution in [0, 0.1) is 26.7 Å². The predicted molar refractivity (Wildman–Crippen MR) is 147 cm³/mol. The summed E-state index contributed by atoms with van der Waals surface area (Å²) in [5.74, 6) is -0.947. The van der Waals surface area contributed by atoms with Gasteiger partial charge in [0.2, 0.25) is 0 Å². The van der Waals surface area contributed by atoms with Crippen LogP contribution in [0.5, 0.6) is 11.5 Å². The van der Waals surface area contributed by atoms with Crippen LogP contribution in [0.25, 0.3) is 0 Å². The Balaban J connectivity index is 1.35. The number of nitrogens with zero attached hydrogens (tertiary/aromatic N) is 2. The molecule has 1 aromatic carbocycles. The Morgan fingerprint density at radius 1 is 1.18 bits per heavy atom. The van der Waals surface area contributed by atoms with Crippen LogP contribution in [0.2, 0.25) is 5.02 Å². The van der Waals surface area contributed by atoms with E-state index in [0.29, 0.717) is 83.5 Å². The van der Waals surface area contributed by atoms with Crippen molar-refractivity contribution < 1.29 is 21.1 Å². The van der Waals surface area contributed by atoms with Gasteiger partial charge in [0.1, 0.15) is 0 Å². The third-order valence-electron chi connectivity index (χ3n) is 9.03. The number of aromatic nitrogens is 1. The van der Waals surface area contributed by atoms with Crippen molar-refractivity contribution in [2.24, 2.45) is 5.92 Å². The molecule has 0 saturated heterocycles. The summed E-state index contributed by atoms with van der Waals surface area (Å²) in [5.41, 5.74) is 1.68. The fraction of sp³-hybridized carbons (Fsp3) is 0.600. The number of ether oxygens (including phenoxy) is 2. The highest BCUT2D eigenvalue weighted by Crippen LogP contribution is 2.61. The third-order valence-corrected chi connectivity index (χ3v) is 9.39. The molecule has 38 heavy (non-hydrogen) atoms. The number of nitrogens with one attached hydrogen (secondary N) is 1. The molecule has 1 aromatic heterocycles. The Morgan fingerprint density at radius 2 is 1.87 bits per heavy atom. The van der Waals surface area contributed by atoms with Crippen LogP contribution < -0.4 is 15.0 Å². The second-order valence-corrected chi connectivity index (χ2v) is 12.1. The van der Waals surface area contributed by atoms with Crippen molar-refractivity contribution in [1.82, 2.24) is 14.8 Å². The number of aryl methyl sites for hydroxylation is 2. The lowest BCUT2D eigenvalue weighted by Gasteiger charge is -2.39. The van der Waals surface area contributed by atoms with Crippen molar-refractivity contribution in [3.63, 3.8) is 0 Å². The molecule has 6 rings (SSSR count). The molecule has 8 heteroatoms. The number of carbonyl (C=O) groups is 1. The number of H-pyrrole nitrogens is 1. The maximum atomic E-state index is 14.2. The number of rotatable bonds is 4. The Labute approximate surface area is 236 Å². The van der Waals surface area contributed by atoms with Gasteiger partial charge in [0.15, 0.2) is 11.5 Å². The van der Waals surface area contributed by atoms with Gasteiger partial charge >= 0.3 is 0 Å². The van der Waals surface area contributed by atoms with E-state index in [2.05, 4.69) is 4.98 Å². The summed E-state index contributed by atoms with van der Waals surface area (Å²) in [5, 5.41) is 0.203. The largest absolute Gasteiger partial charge is 0.448 e. The molecule has 0 radical (unpaired) electrons. The number of pyridine rings is 1. The van der Waals surface area contributed by atoms with Gasteiger partial charge in [-0.25, -0.2) is 0 Å². The van der Waals surface area contributed by atoms with Crippen molar-refractivity contribution in [2.75, 3.05) is 20.5 Å². The summed E-state index contributed by atoms with van der Waals surface area (Å²) in [6, 6.07) is 1.75. The van der Waals surface area contributed by atoms with Gasteiger partial charge in [-0.3, -0.25) is 9.59 Å². The van der Waals surface area contributed by atoms with Crippen LogP contribution in [0.15, 0.2) is 10.9 Å². The van der Waals surface area contributed by atoms with Crippen LogP contribution in [0.1, 0.15) is 90.6 Å². The molecule has 3 heterocycles. The number of hydrogen-bond acceptors (Lipinski definition) is 5. The quantitative estimate of drug-likeness (QED) is 0.569. The Morgan fingerprint density at radius 3 is 2.50 bits per heavy atom. The van der Waals surface area contributed by atoms with Crippen molar-refractivity contribution in [2.45, 2.75) is 90.0 Å². The van der Waals surface area contributed by atoms with E-state index in [0.717, 1.165) is 0 Å². The Kier molecular flexibility index (Phi) is 4.70. The maximum absolute atomic E-state index is 14.2. The van der Waals surface area contributed by atoms with Gasteiger partial charge in [-0.05, 0) is 90.5 Å². The zero-order valence-electron chi connectivity index (χ0n) is 27.6. The first-order chi connectivity index (χ1) is 19.9. The number of fused-ring (bicyclic) bond motifs is 3.